The third-order valence-electron chi connectivity index (χ3n) is 2.36. The SMILES string of the molecule is CC(C)(C)[c-]1cccc1.C[Si](C)=[Zr+2].C[c-]1cccc1.[Cl-].[Cl-]. The normalized spacial score (nSPS) is 8.95. The molecule has 0 heterocycles. The summed E-state index contributed by atoms with van der Waals surface area (Å²) in [6, 6.07) is 16.7. The molecule has 0 nitrogen and oxygen atoms in total. The second-order valence-electron chi connectivity index (χ2n) is 5.89. The predicted octanol–water partition coefficient (Wildman–Crippen LogP) is -0.791. The molecule has 0 saturated carbocycles. The van der Waals surface area contributed by atoms with Crippen LogP contribution in [0.15, 0.2) is 48.5 Å². The molecule has 0 bridgehead atoms. The van der Waals surface area contributed by atoms with E-state index >= 15 is 0 Å². The summed E-state index contributed by atoms with van der Waals surface area (Å²) in [4.78, 5) is 0. The standard InChI is InChI=1S/C9H13.C6H7.C2H6Si.2ClH.Zr/c1-9(2,3)8-6-4-5-7-8;1-6-4-2-3-5-6;1-3-2;;;/h4-7H,1-3H3;2-5H,1H3;1-2H3;2*1H;/q2*-1;;;;+2/p-2. The second kappa shape index (κ2) is 14.0. The fourth-order valence-electron chi connectivity index (χ4n) is 1.34. The molecule has 0 amide bonds. The van der Waals surface area contributed by atoms with Gasteiger partial charge in [-0.15, -0.1) is 0 Å². The Kier molecular flexibility index (Phi) is 17.5. The molecule has 0 aliphatic carbocycles. The maximum atomic E-state index is 2.31. The van der Waals surface area contributed by atoms with Gasteiger partial charge < -0.3 is 24.8 Å². The Balaban J connectivity index is -0.000000239. The molecule has 0 aromatic heterocycles. The molecule has 0 N–H and O–H groups in total. The molecule has 0 atom stereocenters. The van der Waals surface area contributed by atoms with Gasteiger partial charge in [-0.3, -0.25) is 0 Å². The monoisotopic (exact) mass is 418 g/mol. The van der Waals surface area contributed by atoms with Crippen LogP contribution in [0.4, 0.5) is 0 Å². The second-order valence-corrected chi connectivity index (χ2v) is 15.3. The molecule has 2 aromatic carbocycles. The summed E-state index contributed by atoms with van der Waals surface area (Å²) in [6.07, 6.45) is 0. The zero-order valence-electron chi connectivity index (χ0n) is 13.9. The van der Waals surface area contributed by atoms with Crippen LogP contribution in [0.3, 0.4) is 0 Å². The van der Waals surface area contributed by atoms with Crippen LogP contribution < -0.4 is 24.8 Å². The van der Waals surface area contributed by atoms with Crippen LogP contribution in [0.25, 0.3) is 0 Å². The average molecular weight is 421 g/mol. The fraction of sp³-hybridized carbons (Fsp3) is 0.412. The van der Waals surface area contributed by atoms with Gasteiger partial charge in [-0.25, -0.2) is 24.3 Å². The predicted molar refractivity (Wildman–Crippen MR) is 85.0 cm³/mol. The first-order chi connectivity index (χ1) is 8.73. The largest absolute Gasteiger partial charge is 1.00 e. The van der Waals surface area contributed by atoms with Gasteiger partial charge >= 0.3 is 41.9 Å². The molecule has 0 saturated heterocycles. The van der Waals surface area contributed by atoms with Crippen LogP contribution in [0, 0.1) is 6.92 Å². The molecule has 2 rings (SSSR count). The van der Waals surface area contributed by atoms with Crippen molar-refractivity contribution in [1.82, 2.24) is 0 Å². The molecule has 0 spiro atoms. The minimum Gasteiger partial charge on any atom is -1.00 e. The maximum absolute atomic E-state index is 2.31. The van der Waals surface area contributed by atoms with E-state index in [-0.39, 0.29) is 30.2 Å². The molecule has 0 aliphatic heterocycles. The summed E-state index contributed by atoms with van der Waals surface area (Å²) in [5, 5.41) is 0. The van der Waals surface area contributed by atoms with Gasteiger partial charge in [0, 0.05) is 0 Å². The van der Waals surface area contributed by atoms with Crippen LogP contribution in [0.1, 0.15) is 31.9 Å². The molecule has 0 aliphatic rings. The summed E-state index contributed by atoms with van der Waals surface area (Å²) >= 11 is 1.74. The van der Waals surface area contributed by atoms with Crippen molar-refractivity contribution in [2.45, 2.75) is 46.2 Å². The van der Waals surface area contributed by atoms with Gasteiger partial charge in [-0.05, 0) is 0 Å². The van der Waals surface area contributed by atoms with Crippen LogP contribution in [0.2, 0.25) is 13.1 Å². The van der Waals surface area contributed by atoms with Gasteiger partial charge in [0.25, 0.3) is 0 Å². The van der Waals surface area contributed by atoms with Gasteiger partial charge in [0.05, 0.1) is 0 Å². The molecule has 0 fully saturated rings. The number of halogens is 2. The quantitative estimate of drug-likeness (QED) is 0.387. The summed E-state index contributed by atoms with van der Waals surface area (Å²) in [5.41, 5.74) is 3.29. The zero-order chi connectivity index (χ0) is 14.9. The molecule has 21 heavy (non-hydrogen) atoms. The van der Waals surface area contributed by atoms with Crippen molar-refractivity contribution in [2.75, 3.05) is 0 Å². The van der Waals surface area contributed by atoms with Crippen molar-refractivity contribution in [2.24, 2.45) is 0 Å². The Morgan fingerprint density at radius 1 is 0.810 bits per heavy atom. The van der Waals surface area contributed by atoms with E-state index in [0.29, 0.717) is 5.41 Å². The zero-order valence-corrected chi connectivity index (χ0v) is 18.8. The number of aryl methyl sites for hydroxylation is 1. The topological polar surface area (TPSA) is 0 Å². The summed E-state index contributed by atoms with van der Waals surface area (Å²) in [5.74, 6) is 0. The number of hydrogen-bond acceptors (Lipinski definition) is 0. The fourth-order valence-corrected chi connectivity index (χ4v) is 1.34. The molecular weight excluding hydrogens is 394 g/mol. The average Bonchev–Trinajstić information content (AvgIpc) is 2.86. The van der Waals surface area contributed by atoms with E-state index in [1.807, 2.05) is 12.1 Å². The third kappa shape index (κ3) is 16.6. The smallest absolute Gasteiger partial charge is 0.0860 e. The Labute approximate surface area is 158 Å². The van der Waals surface area contributed by atoms with E-state index in [9.17, 15) is 0 Å². The van der Waals surface area contributed by atoms with Crippen LogP contribution in [0.5, 0.6) is 0 Å². The van der Waals surface area contributed by atoms with Gasteiger partial charge in [0.1, 0.15) is 0 Å². The van der Waals surface area contributed by atoms with E-state index in [4.69, 9.17) is 0 Å². The Morgan fingerprint density at radius 3 is 1.24 bits per heavy atom. The van der Waals surface area contributed by atoms with Crippen LogP contribution in [-0.4, -0.2) is 5.43 Å². The van der Waals surface area contributed by atoms with Gasteiger partial charge in [-0.1, -0.05) is 33.1 Å². The Hall–Kier alpha value is 0.380. The van der Waals surface area contributed by atoms with E-state index < -0.39 is 0 Å². The first-order valence-electron chi connectivity index (χ1n) is 6.65. The number of hydrogen-bond donors (Lipinski definition) is 0. The van der Waals surface area contributed by atoms with Gasteiger partial charge in [-0.2, -0.15) is 35.4 Å². The van der Waals surface area contributed by atoms with Crippen molar-refractivity contribution in [3.8, 4) is 0 Å². The van der Waals surface area contributed by atoms with Crippen LogP contribution in [-0.2, 0) is 28.8 Å². The molecule has 0 unspecified atom stereocenters. The Bertz CT molecular complexity index is 436. The van der Waals surface area contributed by atoms with Crippen LogP contribution >= 0.6 is 0 Å². The minimum absolute atomic E-state index is 0. The summed E-state index contributed by atoms with van der Waals surface area (Å²) < 4.78 is 0. The molecule has 0 radical (unpaired) electrons. The van der Waals surface area contributed by atoms with Gasteiger partial charge in [0.15, 0.2) is 0 Å². The van der Waals surface area contributed by atoms with Crippen molar-refractivity contribution < 1.29 is 48.1 Å². The summed E-state index contributed by atoms with van der Waals surface area (Å²) in [6.45, 7) is 13.4. The van der Waals surface area contributed by atoms with Gasteiger partial charge in [0.2, 0.25) is 0 Å². The summed E-state index contributed by atoms with van der Waals surface area (Å²) in [7, 11) is 0. The molecular formula is C17H26Cl2SiZr-2. The first kappa shape index (κ1) is 26.3. The third-order valence-corrected chi connectivity index (χ3v) is 2.36. The van der Waals surface area contributed by atoms with Crippen molar-refractivity contribution in [3.05, 3.63) is 59.7 Å². The van der Waals surface area contributed by atoms with E-state index in [0.717, 1.165) is 0 Å². The molecule has 4 heteroatoms. The van der Waals surface area contributed by atoms with Crippen molar-refractivity contribution in [1.29, 1.82) is 0 Å². The maximum Gasteiger partial charge on any atom is -0.0860 e. The molecule has 2 aromatic rings. The Morgan fingerprint density at radius 2 is 1.10 bits per heavy atom. The van der Waals surface area contributed by atoms with E-state index in [2.05, 4.69) is 77.2 Å². The first-order valence-corrected chi connectivity index (χ1v) is 12.8. The van der Waals surface area contributed by atoms with E-state index in [1.54, 1.807) is 23.3 Å². The van der Waals surface area contributed by atoms with Crippen molar-refractivity contribution >= 4 is 5.43 Å². The number of rotatable bonds is 0. The van der Waals surface area contributed by atoms with E-state index in [1.165, 1.54) is 11.1 Å². The minimum atomic E-state index is 0. The van der Waals surface area contributed by atoms with Crippen molar-refractivity contribution in [3.63, 3.8) is 0 Å². The molecule has 118 valence electrons.